The van der Waals surface area contributed by atoms with Crippen LogP contribution in [0, 0.1) is 0 Å². The van der Waals surface area contributed by atoms with E-state index < -0.39 is 0 Å². The Kier molecular flexibility index (Phi) is 7.56. The monoisotopic (exact) mass is 473 g/mol. The lowest BCUT2D eigenvalue weighted by molar-refractivity contribution is -0.127. The van der Waals surface area contributed by atoms with Crippen molar-refractivity contribution in [3.8, 4) is 17.1 Å². The Morgan fingerprint density at radius 2 is 1.41 bits per heavy atom. The fraction of sp³-hybridized carbons (Fsp3) is 0.120. The largest absolute Gasteiger partial charge is 0.507 e. The van der Waals surface area contributed by atoms with Crippen LogP contribution < -0.4 is 10.9 Å². The maximum absolute atomic E-state index is 12.3. The number of nitrogens with zero attached hydrogens (tertiary/aromatic N) is 3. The van der Waals surface area contributed by atoms with Crippen LogP contribution in [-0.4, -0.2) is 37.4 Å². The fourth-order valence-electron chi connectivity index (χ4n) is 3.30. The summed E-state index contributed by atoms with van der Waals surface area (Å²) in [6, 6.07) is 26.0. The van der Waals surface area contributed by atoms with Crippen LogP contribution in [0.5, 0.6) is 5.75 Å². The second kappa shape index (κ2) is 11.2. The molecule has 1 aromatic heterocycles. The highest BCUT2D eigenvalue weighted by Crippen LogP contribution is 2.30. The lowest BCUT2D eigenvalue weighted by Crippen LogP contribution is -2.43. The quantitative estimate of drug-likeness (QED) is 0.268. The molecule has 0 fully saturated rings. The van der Waals surface area contributed by atoms with Gasteiger partial charge in [0.1, 0.15) is 5.75 Å². The first-order chi connectivity index (χ1) is 16.6. The standard InChI is InChI=1S/C25H23N5O3S/c31-21-14-8-7-13-20(21)24-28-29-25(30(24)16-19-11-5-2-6-12-19)34-17-23(33)27-26-22(32)15-18-9-3-1-4-10-18/h1-14,31H,15-17H2,(H,26,32)(H,27,33). The molecule has 9 heteroatoms. The number of amides is 2. The first kappa shape index (κ1) is 23.1. The Morgan fingerprint density at radius 3 is 2.12 bits per heavy atom. The molecule has 0 spiro atoms. The number of hydrogen-bond acceptors (Lipinski definition) is 6. The number of thioether (sulfide) groups is 1. The molecule has 0 saturated heterocycles. The number of para-hydroxylation sites is 1. The minimum absolute atomic E-state index is 0.0271. The molecule has 2 amide bonds. The highest BCUT2D eigenvalue weighted by atomic mass is 32.2. The maximum Gasteiger partial charge on any atom is 0.248 e. The normalized spacial score (nSPS) is 10.6. The number of hydrazine groups is 1. The third kappa shape index (κ3) is 6.02. The number of phenols is 1. The van der Waals surface area contributed by atoms with Gasteiger partial charge in [0.15, 0.2) is 11.0 Å². The molecule has 0 aliphatic carbocycles. The van der Waals surface area contributed by atoms with E-state index in [1.54, 1.807) is 18.2 Å². The minimum Gasteiger partial charge on any atom is -0.507 e. The summed E-state index contributed by atoms with van der Waals surface area (Å²) in [6.07, 6.45) is 0.170. The zero-order valence-corrected chi connectivity index (χ0v) is 19.0. The molecule has 0 saturated carbocycles. The number of rotatable bonds is 8. The van der Waals surface area contributed by atoms with E-state index in [0.29, 0.717) is 23.1 Å². The van der Waals surface area contributed by atoms with Gasteiger partial charge in [0.05, 0.1) is 24.3 Å². The second-order valence-corrected chi connectivity index (χ2v) is 8.38. The molecule has 172 valence electrons. The zero-order chi connectivity index (χ0) is 23.8. The van der Waals surface area contributed by atoms with Gasteiger partial charge in [0.2, 0.25) is 11.8 Å². The number of benzene rings is 3. The van der Waals surface area contributed by atoms with Gasteiger partial charge in [0, 0.05) is 0 Å². The molecule has 4 aromatic rings. The minimum atomic E-state index is -0.371. The van der Waals surface area contributed by atoms with Crippen molar-refractivity contribution >= 4 is 23.6 Å². The lowest BCUT2D eigenvalue weighted by Gasteiger charge is -2.11. The van der Waals surface area contributed by atoms with Gasteiger partial charge in [-0.25, -0.2) is 0 Å². The van der Waals surface area contributed by atoms with Crippen LogP contribution in [0.1, 0.15) is 11.1 Å². The Morgan fingerprint density at radius 1 is 0.794 bits per heavy atom. The first-order valence-corrected chi connectivity index (χ1v) is 11.6. The number of hydrogen-bond donors (Lipinski definition) is 3. The van der Waals surface area contributed by atoms with Crippen LogP contribution >= 0.6 is 11.8 Å². The van der Waals surface area contributed by atoms with Crippen LogP contribution in [0.2, 0.25) is 0 Å². The number of aromatic nitrogens is 3. The van der Waals surface area contributed by atoms with Crippen molar-refractivity contribution in [1.82, 2.24) is 25.6 Å². The van der Waals surface area contributed by atoms with E-state index in [-0.39, 0.29) is 29.7 Å². The molecule has 3 N–H and O–H groups in total. The Balaban J connectivity index is 1.42. The van der Waals surface area contributed by atoms with Crippen LogP contribution in [0.25, 0.3) is 11.4 Å². The van der Waals surface area contributed by atoms with Gasteiger partial charge in [-0.1, -0.05) is 84.6 Å². The SMILES string of the molecule is O=C(CSc1nnc(-c2ccccc2O)n1Cc1ccccc1)NNC(=O)Cc1ccccc1. The average Bonchev–Trinajstić information content (AvgIpc) is 3.25. The Hall–Kier alpha value is -4.11. The van der Waals surface area contributed by atoms with Crippen molar-refractivity contribution in [2.45, 2.75) is 18.1 Å². The Bertz CT molecular complexity index is 1260. The van der Waals surface area contributed by atoms with E-state index in [4.69, 9.17) is 0 Å². The molecular formula is C25H23N5O3S. The van der Waals surface area contributed by atoms with E-state index >= 15 is 0 Å². The van der Waals surface area contributed by atoms with E-state index in [1.807, 2.05) is 71.3 Å². The molecule has 1 heterocycles. The van der Waals surface area contributed by atoms with E-state index in [1.165, 1.54) is 11.8 Å². The van der Waals surface area contributed by atoms with Crippen molar-refractivity contribution in [1.29, 1.82) is 0 Å². The molecular weight excluding hydrogens is 450 g/mol. The smallest absolute Gasteiger partial charge is 0.248 e. The molecule has 3 aromatic carbocycles. The molecule has 4 rings (SSSR count). The lowest BCUT2D eigenvalue weighted by atomic mass is 10.1. The van der Waals surface area contributed by atoms with Crippen molar-refractivity contribution in [2.75, 3.05) is 5.75 Å². The number of carbonyl (C=O) groups is 2. The average molecular weight is 474 g/mol. The van der Waals surface area contributed by atoms with Crippen LogP contribution in [-0.2, 0) is 22.6 Å². The summed E-state index contributed by atoms with van der Waals surface area (Å²) in [5.41, 5.74) is 7.30. The number of aromatic hydroxyl groups is 1. The summed E-state index contributed by atoms with van der Waals surface area (Å²) in [7, 11) is 0. The van der Waals surface area contributed by atoms with Crippen LogP contribution in [0.4, 0.5) is 0 Å². The number of carbonyl (C=O) groups excluding carboxylic acids is 2. The maximum atomic E-state index is 12.3. The van der Waals surface area contributed by atoms with Gasteiger partial charge in [0.25, 0.3) is 0 Å². The molecule has 0 aliphatic rings. The summed E-state index contributed by atoms with van der Waals surface area (Å²) < 4.78 is 1.86. The highest BCUT2D eigenvalue weighted by Gasteiger charge is 2.18. The molecule has 0 atom stereocenters. The molecule has 8 nitrogen and oxygen atoms in total. The van der Waals surface area contributed by atoms with E-state index in [2.05, 4.69) is 21.0 Å². The third-order valence-electron chi connectivity index (χ3n) is 4.93. The predicted octanol–water partition coefficient (Wildman–Crippen LogP) is 3.18. The molecule has 34 heavy (non-hydrogen) atoms. The van der Waals surface area contributed by atoms with Gasteiger partial charge < -0.3 is 5.11 Å². The summed E-state index contributed by atoms with van der Waals surface area (Å²) in [4.78, 5) is 24.4. The molecule has 0 unspecified atom stereocenters. The second-order valence-electron chi connectivity index (χ2n) is 7.44. The van der Waals surface area contributed by atoms with Gasteiger partial charge in [-0.2, -0.15) is 0 Å². The van der Waals surface area contributed by atoms with Crippen molar-refractivity contribution in [3.05, 3.63) is 96.1 Å². The summed E-state index contributed by atoms with van der Waals surface area (Å²) in [5.74, 6) is -0.0525. The third-order valence-corrected chi connectivity index (χ3v) is 5.89. The number of nitrogens with one attached hydrogen (secondary N) is 2. The van der Waals surface area contributed by atoms with Crippen LogP contribution in [0.15, 0.2) is 90.1 Å². The van der Waals surface area contributed by atoms with E-state index in [9.17, 15) is 14.7 Å². The molecule has 0 bridgehead atoms. The van der Waals surface area contributed by atoms with Crippen molar-refractivity contribution in [2.24, 2.45) is 0 Å². The Labute approximate surface area is 201 Å². The van der Waals surface area contributed by atoms with E-state index in [0.717, 1.165) is 11.1 Å². The summed E-state index contributed by atoms with van der Waals surface area (Å²) >= 11 is 1.20. The molecule has 0 aliphatic heterocycles. The summed E-state index contributed by atoms with van der Waals surface area (Å²) in [6.45, 7) is 0.468. The summed E-state index contributed by atoms with van der Waals surface area (Å²) in [5, 5.41) is 19.4. The first-order valence-electron chi connectivity index (χ1n) is 10.6. The number of phenolic OH excluding ortho intramolecular Hbond substituents is 1. The van der Waals surface area contributed by atoms with Crippen molar-refractivity contribution < 1.29 is 14.7 Å². The fourth-order valence-corrected chi connectivity index (χ4v) is 4.03. The topological polar surface area (TPSA) is 109 Å². The van der Waals surface area contributed by atoms with Crippen molar-refractivity contribution in [3.63, 3.8) is 0 Å². The van der Waals surface area contributed by atoms with Crippen LogP contribution in [0.3, 0.4) is 0 Å². The van der Waals surface area contributed by atoms with Gasteiger partial charge in [-0.15, -0.1) is 10.2 Å². The highest BCUT2D eigenvalue weighted by molar-refractivity contribution is 7.99. The van der Waals surface area contributed by atoms with Gasteiger partial charge in [-0.05, 0) is 23.3 Å². The molecule has 0 radical (unpaired) electrons. The van der Waals surface area contributed by atoms with Gasteiger partial charge >= 0.3 is 0 Å². The zero-order valence-electron chi connectivity index (χ0n) is 18.2. The predicted molar refractivity (Wildman–Crippen MR) is 130 cm³/mol. The van der Waals surface area contributed by atoms with Gasteiger partial charge in [-0.3, -0.25) is 25.0 Å².